The van der Waals surface area contributed by atoms with E-state index in [1.54, 1.807) is 6.07 Å². The molecule has 2 atom stereocenters. The maximum absolute atomic E-state index is 13.9. The summed E-state index contributed by atoms with van der Waals surface area (Å²) in [6, 6.07) is 4.71. The van der Waals surface area contributed by atoms with Crippen LogP contribution in [0.3, 0.4) is 0 Å². The molecular formula is C19H26ClFN4O2. The Kier molecular flexibility index (Phi) is 7.74. The lowest BCUT2D eigenvalue weighted by molar-refractivity contribution is 0.259. The van der Waals surface area contributed by atoms with Gasteiger partial charge in [-0.05, 0) is 47.6 Å². The number of aliphatic hydroxyl groups is 1. The van der Waals surface area contributed by atoms with Gasteiger partial charge in [-0.3, -0.25) is 0 Å². The highest BCUT2D eigenvalue weighted by atomic mass is 35.5. The van der Waals surface area contributed by atoms with E-state index in [4.69, 9.17) is 16.3 Å². The summed E-state index contributed by atoms with van der Waals surface area (Å²) in [7, 11) is 1.43. The molecule has 0 saturated heterocycles. The third-order valence-corrected chi connectivity index (χ3v) is 4.37. The molecule has 6 nitrogen and oxygen atoms in total. The quantitative estimate of drug-likeness (QED) is 0.670. The summed E-state index contributed by atoms with van der Waals surface area (Å²) in [5, 5.41) is 12.7. The number of aliphatic hydroxyl groups excluding tert-OH is 1. The molecule has 0 amide bonds. The highest BCUT2D eigenvalue weighted by molar-refractivity contribution is 6.28. The molecule has 1 unspecified atom stereocenters. The number of benzene rings is 1. The average molecular weight is 397 g/mol. The van der Waals surface area contributed by atoms with Crippen molar-refractivity contribution in [3.63, 3.8) is 0 Å². The lowest BCUT2D eigenvalue weighted by Gasteiger charge is -2.19. The Morgan fingerprint density at radius 1 is 1.22 bits per heavy atom. The number of aromatic nitrogens is 3. The molecule has 2 rings (SSSR count). The summed E-state index contributed by atoms with van der Waals surface area (Å²) in [6.07, 6.45) is 1.24. The van der Waals surface area contributed by atoms with Gasteiger partial charge in [0.2, 0.25) is 11.2 Å². The molecule has 0 aliphatic rings. The monoisotopic (exact) mass is 396 g/mol. The van der Waals surface area contributed by atoms with Crippen LogP contribution in [-0.4, -0.2) is 39.8 Å². The van der Waals surface area contributed by atoms with Crippen LogP contribution in [0.15, 0.2) is 18.2 Å². The van der Waals surface area contributed by atoms with Crippen LogP contribution in [0.25, 0.3) is 0 Å². The molecule has 27 heavy (non-hydrogen) atoms. The topological polar surface area (TPSA) is 80.2 Å². The number of ether oxygens (including phenoxy) is 1. The Labute approximate surface area is 164 Å². The van der Waals surface area contributed by atoms with Crippen LogP contribution in [0, 0.1) is 11.7 Å². The van der Waals surface area contributed by atoms with Gasteiger partial charge in [0.25, 0.3) is 0 Å². The van der Waals surface area contributed by atoms with Gasteiger partial charge < -0.3 is 15.2 Å². The van der Waals surface area contributed by atoms with Gasteiger partial charge in [0.15, 0.2) is 11.6 Å². The Morgan fingerprint density at radius 3 is 2.56 bits per heavy atom. The van der Waals surface area contributed by atoms with Crippen LogP contribution in [0.2, 0.25) is 5.28 Å². The minimum absolute atomic E-state index is 0.0268. The van der Waals surface area contributed by atoms with Crippen molar-refractivity contribution >= 4 is 17.5 Å². The van der Waals surface area contributed by atoms with Crippen LogP contribution in [0.1, 0.15) is 44.5 Å². The van der Waals surface area contributed by atoms with Crippen LogP contribution in [0.4, 0.5) is 10.3 Å². The van der Waals surface area contributed by atoms with E-state index in [1.165, 1.54) is 13.2 Å². The van der Waals surface area contributed by atoms with E-state index in [0.29, 0.717) is 24.1 Å². The number of rotatable bonds is 9. The van der Waals surface area contributed by atoms with Gasteiger partial charge in [0.1, 0.15) is 5.82 Å². The minimum atomic E-state index is -0.405. The van der Waals surface area contributed by atoms with Crippen LogP contribution in [-0.2, 0) is 6.42 Å². The number of nitrogens with one attached hydrogen (secondary N) is 1. The van der Waals surface area contributed by atoms with Crippen molar-refractivity contribution in [1.29, 1.82) is 0 Å². The molecule has 0 spiro atoms. The molecule has 1 heterocycles. The Morgan fingerprint density at radius 2 is 1.96 bits per heavy atom. The zero-order valence-corrected chi connectivity index (χ0v) is 16.8. The van der Waals surface area contributed by atoms with Gasteiger partial charge in [-0.15, -0.1) is 0 Å². The first-order chi connectivity index (χ1) is 12.8. The van der Waals surface area contributed by atoms with Crippen molar-refractivity contribution in [3.8, 4) is 5.75 Å². The molecule has 0 aliphatic heterocycles. The summed E-state index contributed by atoms with van der Waals surface area (Å²) < 4.78 is 18.9. The largest absolute Gasteiger partial charge is 0.494 e. The van der Waals surface area contributed by atoms with Crippen molar-refractivity contribution in [2.75, 3.05) is 19.0 Å². The van der Waals surface area contributed by atoms with Crippen molar-refractivity contribution in [1.82, 2.24) is 15.0 Å². The van der Waals surface area contributed by atoms with E-state index in [1.807, 2.05) is 13.0 Å². The van der Waals surface area contributed by atoms with Crippen molar-refractivity contribution in [2.45, 2.75) is 45.6 Å². The third-order valence-electron chi connectivity index (χ3n) is 4.20. The zero-order valence-electron chi connectivity index (χ0n) is 16.0. The van der Waals surface area contributed by atoms with Crippen molar-refractivity contribution < 1.29 is 14.2 Å². The van der Waals surface area contributed by atoms with E-state index in [-0.39, 0.29) is 29.6 Å². The fourth-order valence-electron chi connectivity index (χ4n) is 2.86. The Balaban J connectivity index is 2.14. The van der Waals surface area contributed by atoms with Gasteiger partial charge in [0, 0.05) is 6.42 Å². The molecule has 0 saturated carbocycles. The molecule has 1 aromatic heterocycles. The van der Waals surface area contributed by atoms with Gasteiger partial charge in [-0.25, -0.2) is 9.37 Å². The number of halogens is 2. The molecule has 2 N–H and O–H groups in total. The maximum atomic E-state index is 13.9. The first kappa shape index (κ1) is 21.3. The summed E-state index contributed by atoms with van der Waals surface area (Å²) in [5.74, 6) is 1.02. The molecule has 0 radical (unpaired) electrons. The number of anilines is 1. The summed E-state index contributed by atoms with van der Waals surface area (Å²) in [4.78, 5) is 12.7. The van der Waals surface area contributed by atoms with Gasteiger partial charge in [0.05, 0.1) is 19.8 Å². The highest BCUT2D eigenvalue weighted by Gasteiger charge is 2.16. The average Bonchev–Trinajstić information content (AvgIpc) is 2.60. The van der Waals surface area contributed by atoms with E-state index in [2.05, 4.69) is 34.1 Å². The minimum Gasteiger partial charge on any atom is -0.494 e. The van der Waals surface area contributed by atoms with Crippen LogP contribution >= 0.6 is 11.6 Å². The standard InChI is InChI=1S/C19H26ClFN4O2/c1-11(2)7-14(10-26)22-19-24-17(23-18(20)25-19)8-12(3)13-5-6-16(27-4)15(21)9-13/h5-6,9,11-12,14,26H,7-8,10H2,1-4H3,(H,22,23,24,25)/t12?,14-/m1/s1. The number of hydrogen-bond donors (Lipinski definition) is 2. The Bertz CT molecular complexity index is 760. The second-order valence-electron chi connectivity index (χ2n) is 7.00. The fourth-order valence-corrected chi connectivity index (χ4v) is 3.04. The van der Waals surface area contributed by atoms with Crippen LogP contribution < -0.4 is 10.1 Å². The molecule has 1 aromatic carbocycles. The Hall–Kier alpha value is -1.99. The zero-order chi connectivity index (χ0) is 20.0. The van der Waals surface area contributed by atoms with E-state index < -0.39 is 5.82 Å². The molecule has 0 fully saturated rings. The van der Waals surface area contributed by atoms with Crippen molar-refractivity contribution in [2.24, 2.45) is 5.92 Å². The van der Waals surface area contributed by atoms with Gasteiger partial charge >= 0.3 is 0 Å². The first-order valence-corrected chi connectivity index (χ1v) is 9.31. The predicted octanol–water partition coefficient (Wildman–Crippen LogP) is 3.84. The van der Waals surface area contributed by atoms with Crippen molar-refractivity contribution in [3.05, 3.63) is 40.7 Å². The molecular weight excluding hydrogens is 371 g/mol. The van der Waals surface area contributed by atoms with Crippen LogP contribution in [0.5, 0.6) is 5.75 Å². The number of nitrogens with zero attached hydrogens (tertiary/aromatic N) is 3. The highest BCUT2D eigenvalue weighted by Crippen LogP contribution is 2.25. The molecule has 0 bridgehead atoms. The van der Waals surface area contributed by atoms with Gasteiger partial charge in [-0.2, -0.15) is 9.97 Å². The second-order valence-corrected chi connectivity index (χ2v) is 7.33. The first-order valence-electron chi connectivity index (χ1n) is 8.93. The third kappa shape index (κ3) is 6.29. The van der Waals surface area contributed by atoms with E-state index in [9.17, 15) is 9.50 Å². The molecule has 148 valence electrons. The SMILES string of the molecule is COc1ccc(C(C)Cc2nc(Cl)nc(N[C@@H](CO)CC(C)C)n2)cc1F. The van der Waals surface area contributed by atoms with E-state index >= 15 is 0 Å². The number of methoxy groups -OCH3 is 1. The van der Waals surface area contributed by atoms with Gasteiger partial charge in [-0.1, -0.05) is 26.8 Å². The smallest absolute Gasteiger partial charge is 0.227 e. The maximum Gasteiger partial charge on any atom is 0.227 e. The fraction of sp³-hybridized carbons (Fsp3) is 0.526. The molecule has 2 aromatic rings. The predicted molar refractivity (Wildman–Crippen MR) is 104 cm³/mol. The second kappa shape index (κ2) is 9.80. The lowest BCUT2D eigenvalue weighted by atomic mass is 9.97. The number of hydrogen-bond acceptors (Lipinski definition) is 6. The molecule has 8 heteroatoms. The summed E-state index contributed by atoms with van der Waals surface area (Å²) in [6.45, 7) is 6.08. The summed E-state index contributed by atoms with van der Waals surface area (Å²) in [5.41, 5.74) is 0.812. The lowest BCUT2D eigenvalue weighted by Crippen LogP contribution is -2.27. The summed E-state index contributed by atoms with van der Waals surface area (Å²) >= 11 is 6.04. The normalized spacial score (nSPS) is 13.5. The van der Waals surface area contributed by atoms with E-state index in [0.717, 1.165) is 12.0 Å². The molecule has 0 aliphatic carbocycles.